The molecule has 4 aliphatic rings. The minimum absolute atomic E-state index is 0.0316. The molecule has 0 unspecified atom stereocenters. The number of allylic oxidation sites excluding steroid dienone is 1. The van der Waals surface area contributed by atoms with Gasteiger partial charge in [0.05, 0.1) is 12.5 Å². The first-order chi connectivity index (χ1) is 24.7. The Morgan fingerprint density at radius 3 is 2.41 bits per heavy atom. The molecule has 6 rings (SSSR count). The molecule has 5 bridgehead atoms. The molecule has 0 saturated carbocycles. The molecule has 272 valence electrons. The maximum absolute atomic E-state index is 15.1. The van der Waals surface area contributed by atoms with E-state index in [0.717, 1.165) is 18.8 Å². The number of rotatable bonds is 10. The van der Waals surface area contributed by atoms with Crippen molar-refractivity contribution in [3.63, 3.8) is 0 Å². The average molecular weight is 764 g/mol. The zero-order valence-electron chi connectivity index (χ0n) is 29.2. The van der Waals surface area contributed by atoms with Gasteiger partial charge in [-0.15, -0.1) is 0 Å². The number of carbonyl (C=O) groups excluding carboxylic acids is 4. The van der Waals surface area contributed by atoms with Crippen LogP contribution in [0.25, 0.3) is 0 Å². The van der Waals surface area contributed by atoms with E-state index in [0.29, 0.717) is 41.4 Å². The normalized spacial score (nSPS) is 28.7. The predicted molar refractivity (Wildman–Crippen MR) is 197 cm³/mol. The van der Waals surface area contributed by atoms with E-state index in [1.165, 1.54) is 0 Å². The van der Waals surface area contributed by atoms with Crippen molar-refractivity contribution in [3.05, 3.63) is 82.9 Å². The number of cyclic esters (lactones) is 1. The Kier molecular flexibility index (Phi) is 11.6. The number of hydrogen-bond donors (Lipinski definition) is 2. The van der Waals surface area contributed by atoms with Crippen LogP contribution < -0.4 is 15.1 Å². The Morgan fingerprint density at radius 1 is 0.961 bits per heavy atom. The van der Waals surface area contributed by atoms with E-state index in [4.69, 9.17) is 9.47 Å². The fourth-order valence-electron chi connectivity index (χ4n) is 7.90. The third kappa shape index (κ3) is 7.23. The van der Waals surface area contributed by atoms with E-state index in [2.05, 4.69) is 40.0 Å². The van der Waals surface area contributed by atoms with Crippen molar-refractivity contribution in [2.24, 2.45) is 11.8 Å². The van der Waals surface area contributed by atoms with E-state index >= 15 is 4.79 Å². The molecule has 2 fully saturated rings. The second-order valence-corrected chi connectivity index (χ2v) is 14.3. The van der Waals surface area contributed by atoms with Gasteiger partial charge in [0.1, 0.15) is 29.8 Å². The number of ether oxygens (including phenoxy) is 2. The van der Waals surface area contributed by atoms with Crippen LogP contribution in [0.3, 0.4) is 0 Å². The van der Waals surface area contributed by atoms with E-state index < -0.39 is 41.7 Å². The van der Waals surface area contributed by atoms with E-state index in [9.17, 15) is 19.5 Å². The van der Waals surface area contributed by atoms with Gasteiger partial charge in [-0.05, 0) is 75.4 Å². The first kappa shape index (κ1) is 36.8. The zero-order chi connectivity index (χ0) is 36.1. The molecular weight excluding hydrogens is 716 g/mol. The summed E-state index contributed by atoms with van der Waals surface area (Å²) in [6.07, 6.45) is 6.41. The van der Waals surface area contributed by atoms with Gasteiger partial charge in [-0.3, -0.25) is 19.2 Å². The maximum atomic E-state index is 15.1. The minimum Gasteiger partial charge on any atom is -0.455 e. The average Bonchev–Trinajstić information content (AvgIpc) is 3.73. The van der Waals surface area contributed by atoms with Crippen molar-refractivity contribution >= 4 is 51.0 Å². The molecule has 51 heavy (non-hydrogen) atoms. The molecule has 0 aromatic heterocycles. The molecule has 2 aromatic carbocycles. The van der Waals surface area contributed by atoms with Crippen molar-refractivity contribution in [3.8, 4) is 0 Å². The van der Waals surface area contributed by atoms with Gasteiger partial charge in [0.15, 0.2) is 0 Å². The summed E-state index contributed by atoms with van der Waals surface area (Å²) in [7, 11) is 0. The van der Waals surface area contributed by atoms with Gasteiger partial charge in [-0.2, -0.15) is 0 Å². The number of unbranched alkanes of at least 4 members (excludes halogenated alkanes) is 2. The number of esters is 1. The highest BCUT2D eigenvalue weighted by Crippen LogP contribution is 2.59. The highest BCUT2D eigenvalue weighted by atomic mass is 79.9. The van der Waals surface area contributed by atoms with Gasteiger partial charge in [0, 0.05) is 55.1 Å². The van der Waals surface area contributed by atoms with Crippen molar-refractivity contribution in [1.29, 1.82) is 0 Å². The molecule has 12 heteroatoms. The summed E-state index contributed by atoms with van der Waals surface area (Å²) in [4.78, 5) is 62.4. The van der Waals surface area contributed by atoms with Gasteiger partial charge in [0.2, 0.25) is 11.8 Å². The molecule has 4 heterocycles. The Bertz CT molecular complexity index is 1650. The lowest BCUT2D eigenvalue weighted by Crippen LogP contribution is -2.56. The number of nitrogens with one attached hydrogen (secondary N) is 1. The third-order valence-corrected chi connectivity index (χ3v) is 11.1. The SMILES string of the molecule is CCN(CC)c1ccc(N2C/C=C\CCC(=O)NC[C@@H](c3ccccc3)OC(=O)[C@@H]3[C@H]4O[C@@]5(C=C4Br)[C@H](C2=O)N(CCCCCO)C(=O)[C@@H]35)cc1. The minimum atomic E-state index is -1.41. The predicted octanol–water partition coefficient (Wildman–Crippen LogP) is 4.65. The van der Waals surface area contributed by atoms with E-state index in [-0.39, 0.29) is 50.4 Å². The maximum Gasteiger partial charge on any atom is 0.313 e. The standard InChI is InChI=1S/C39H47BrN4O7/c1-3-42(4-2)27-17-19-28(20-18-27)43-21-11-6-10-16-31(46)41-25-30(26-14-8-5-9-15-26)50-38(49)32-33-36(47)44(22-12-7-13-23-45)35(37(43)48)39(33)24-29(40)34(32)51-39/h5-6,8-9,11,14-15,17-20,24,30,32-35,45H,3-4,7,10,12-13,16,21-23,25H2,1-2H3,(H,41,46)/b11-6-/t30-,32-,33+,34-,35-,39+/m0/s1. The number of carbonyl (C=O) groups is 4. The highest BCUT2D eigenvalue weighted by Gasteiger charge is 2.75. The topological polar surface area (TPSA) is 129 Å². The number of anilines is 2. The molecule has 6 atom stereocenters. The molecule has 2 N–H and O–H groups in total. The Hall–Kier alpha value is -4.00. The first-order valence-electron chi connectivity index (χ1n) is 18.0. The van der Waals surface area contributed by atoms with Crippen molar-refractivity contribution in [1.82, 2.24) is 10.2 Å². The Morgan fingerprint density at radius 2 is 1.71 bits per heavy atom. The van der Waals surface area contributed by atoms with Gasteiger partial charge in [-0.1, -0.05) is 58.4 Å². The molecule has 0 radical (unpaired) electrons. The number of halogens is 1. The second kappa shape index (κ2) is 16.1. The van der Waals surface area contributed by atoms with Crippen LogP contribution in [0.15, 0.2) is 77.3 Å². The van der Waals surface area contributed by atoms with E-state index in [1.54, 1.807) is 15.9 Å². The quantitative estimate of drug-likeness (QED) is 0.204. The van der Waals surface area contributed by atoms with Crippen LogP contribution in [0.4, 0.5) is 11.4 Å². The summed E-state index contributed by atoms with van der Waals surface area (Å²) in [5.74, 6) is -3.50. The number of nitrogens with zero attached hydrogens (tertiary/aromatic N) is 3. The molecule has 2 saturated heterocycles. The zero-order valence-corrected chi connectivity index (χ0v) is 30.8. The molecule has 11 nitrogen and oxygen atoms in total. The van der Waals surface area contributed by atoms with E-state index in [1.807, 2.05) is 66.7 Å². The summed E-state index contributed by atoms with van der Waals surface area (Å²) in [6.45, 7) is 6.41. The summed E-state index contributed by atoms with van der Waals surface area (Å²) in [5.41, 5.74) is 0.979. The molecule has 4 aliphatic heterocycles. The summed E-state index contributed by atoms with van der Waals surface area (Å²) in [5, 5.41) is 12.3. The van der Waals surface area contributed by atoms with Crippen LogP contribution in [0.1, 0.15) is 57.6 Å². The number of amides is 3. The highest BCUT2D eigenvalue weighted by molar-refractivity contribution is 9.11. The van der Waals surface area contributed by atoms with Crippen LogP contribution in [-0.2, 0) is 28.7 Å². The van der Waals surface area contributed by atoms with Crippen LogP contribution in [0, 0.1) is 11.8 Å². The van der Waals surface area contributed by atoms with Crippen molar-refractivity contribution in [2.75, 3.05) is 49.1 Å². The van der Waals surface area contributed by atoms with Crippen molar-refractivity contribution < 1.29 is 33.8 Å². The summed E-state index contributed by atoms with van der Waals surface area (Å²) in [6, 6.07) is 15.9. The lowest BCUT2D eigenvalue weighted by Gasteiger charge is -2.36. The third-order valence-electron chi connectivity index (χ3n) is 10.5. The van der Waals surface area contributed by atoms with Crippen molar-refractivity contribution in [2.45, 2.75) is 69.8 Å². The summed E-state index contributed by atoms with van der Waals surface area (Å²) >= 11 is 3.63. The van der Waals surface area contributed by atoms with Gasteiger partial charge in [-0.25, -0.2) is 0 Å². The van der Waals surface area contributed by atoms with Crippen LogP contribution in [0.2, 0.25) is 0 Å². The lowest BCUT2D eigenvalue weighted by molar-refractivity contribution is -0.159. The monoisotopic (exact) mass is 762 g/mol. The number of hydrogen-bond acceptors (Lipinski definition) is 8. The number of likely N-dealkylation sites (tertiary alicyclic amines) is 1. The lowest BCUT2D eigenvalue weighted by atomic mass is 9.74. The fraction of sp³-hybridized carbons (Fsp3) is 0.487. The van der Waals surface area contributed by atoms with Crippen LogP contribution in [-0.4, -0.2) is 90.8 Å². The first-order valence-corrected chi connectivity index (χ1v) is 18.8. The largest absolute Gasteiger partial charge is 0.455 e. The Labute approximate surface area is 307 Å². The van der Waals surface area contributed by atoms with Crippen LogP contribution >= 0.6 is 15.9 Å². The summed E-state index contributed by atoms with van der Waals surface area (Å²) < 4.78 is 13.4. The molecule has 3 amide bonds. The molecule has 1 spiro atoms. The number of aliphatic hydroxyl groups is 1. The van der Waals surface area contributed by atoms with Gasteiger partial charge in [0.25, 0.3) is 5.91 Å². The number of fused-ring (bicyclic) bond motifs is 2. The fourth-order valence-corrected chi connectivity index (χ4v) is 8.64. The van der Waals surface area contributed by atoms with Gasteiger partial charge >= 0.3 is 5.97 Å². The van der Waals surface area contributed by atoms with Gasteiger partial charge < -0.3 is 34.6 Å². The smallest absolute Gasteiger partial charge is 0.313 e. The number of aliphatic hydroxyl groups excluding tert-OH is 1. The van der Waals surface area contributed by atoms with Crippen LogP contribution in [0.5, 0.6) is 0 Å². The Balaban J connectivity index is 1.42. The molecular formula is C39H47BrN4O7. The molecule has 0 aliphatic carbocycles. The molecule has 2 aromatic rings. The second-order valence-electron chi connectivity index (χ2n) is 13.4. The number of benzene rings is 2.